The van der Waals surface area contributed by atoms with Crippen LogP contribution >= 0.6 is 0 Å². The van der Waals surface area contributed by atoms with Gasteiger partial charge in [-0.05, 0) is 41.4 Å². The molecule has 4 aromatic carbocycles. The molecule has 8 rings (SSSR count). The minimum Gasteiger partial charge on any atom is -0.536 e. The van der Waals surface area contributed by atoms with Crippen LogP contribution in [0.2, 0.25) is 0 Å². The van der Waals surface area contributed by atoms with Crippen molar-refractivity contribution in [3.63, 3.8) is 0 Å². The summed E-state index contributed by atoms with van der Waals surface area (Å²) in [6, 6.07) is 33.4. The fourth-order valence-electron chi connectivity index (χ4n) is 5.43. The van der Waals surface area contributed by atoms with Crippen molar-refractivity contribution in [2.45, 2.75) is 0 Å². The van der Waals surface area contributed by atoms with Gasteiger partial charge in [0, 0.05) is 28.1 Å². The summed E-state index contributed by atoms with van der Waals surface area (Å²) in [5.41, 5.74) is 9.32. The number of hydrogen-bond acceptors (Lipinski definition) is 4. The van der Waals surface area contributed by atoms with Gasteiger partial charge in [0.05, 0.1) is 17.1 Å². The second-order valence-electron chi connectivity index (χ2n) is 8.76. The van der Waals surface area contributed by atoms with E-state index in [1.54, 1.807) is 0 Å². The third-order valence-corrected chi connectivity index (χ3v) is 6.93. The maximum absolute atomic E-state index is 6.50. The van der Waals surface area contributed by atoms with Crippen molar-refractivity contribution >= 4 is 45.8 Å². The summed E-state index contributed by atoms with van der Waals surface area (Å²) < 4.78 is 12.8. The quantitative estimate of drug-likeness (QED) is 0.274. The Morgan fingerprint density at radius 3 is 2.56 bits per heavy atom. The molecular formula is C29H17BN2O2. The molecular weight excluding hydrogens is 419 g/mol. The van der Waals surface area contributed by atoms with Crippen LogP contribution in [0.15, 0.2) is 108 Å². The molecule has 0 amide bonds. The van der Waals surface area contributed by atoms with Crippen molar-refractivity contribution in [1.82, 2.24) is 4.98 Å². The van der Waals surface area contributed by atoms with Crippen LogP contribution in [0.1, 0.15) is 0 Å². The van der Waals surface area contributed by atoms with Crippen LogP contribution in [-0.2, 0) is 0 Å². The van der Waals surface area contributed by atoms with Gasteiger partial charge in [0.25, 0.3) is 0 Å². The molecule has 0 saturated heterocycles. The van der Waals surface area contributed by atoms with Crippen LogP contribution in [0, 0.1) is 0 Å². The summed E-state index contributed by atoms with van der Waals surface area (Å²) in [7, 11) is -0.208. The topological polar surface area (TPSA) is 38.5 Å². The molecule has 4 heterocycles. The van der Waals surface area contributed by atoms with E-state index in [0.29, 0.717) is 0 Å². The van der Waals surface area contributed by atoms with Crippen LogP contribution in [0.25, 0.3) is 44.3 Å². The molecule has 0 saturated carbocycles. The Bertz CT molecular complexity index is 1770. The highest BCUT2D eigenvalue weighted by Gasteiger charge is 2.45. The predicted molar refractivity (Wildman–Crippen MR) is 137 cm³/mol. The molecule has 5 heteroatoms. The maximum Gasteiger partial charge on any atom is 0.525 e. The Kier molecular flexibility index (Phi) is 3.45. The van der Waals surface area contributed by atoms with Crippen molar-refractivity contribution in [2.75, 3.05) is 4.81 Å². The summed E-state index contributed by atoms with van der Waals surface area (Å²) in [5.74, 6) is 0.872. The molecule has 0 radical (unpaired) electrons. The molecule has 0 unspecified atom stereocenters. The third-order valence-electron chi connectivity index (χ3n) is 6.93. The van der Waals surface area contributed by atoms with Gasteiger partial charge in [-0.15, -0.1) is 0 Å². The van der Waals surface area contributed by atoms with Gasteiger partial charge in [-0.3, -0.25) is 4.98 Å². The smallest absolute Gasteiger partial charge is 0.525 e. The van der Waals surface area contributed by atoms with Crippen molar-refractivity contribution < 1.29 is 9.07 Å². The summed E-state index contributed by atoms with van der Waals surface area (Å²) in [5, 5.41) is 2.26. The number of nitrogens with zero attached hydrogens (tertiary/aromatic N) is 2. The van der Waals surface area contributed by atoms with Crippen molar-refractivity contribution in [1.29, 1.82) is 0 Å². The van der Waals surface area contributed by atoms with Gasteiger partial charge >= 0.3 is 7.05 Å². The van der Waals surface area contributed by atoms with E-state index in [2.05, 4.69) is 83.7 Å². The van der Waals surface area contributed by atoms with Crippen LogP contribution in [0.3, 0.4) is 0 Å². The molecule has 2 aliphatic rings. The maximum atomic E-state index is 6.50. The normalized spacial score (nSPS) is 13.4. The zero-order valence-corrected chi connectivity index (χ0v) is 18.1. The first-order chi connectivity index (χ1) is 16.9. The fourth-order valence-corrected chi connectivity index (χ4v) is 5.43. The first-order valence-electron chi connectivity index (χ1n) is 11.4. The number of rotatable bonds is 1. The SMILES string of the molecule is c1ccc2c(c1)B1Oc3ccc(-c4cccc5c4oc4ccccc45)cc3N1c1cccnc1-2. The molecule has 0 spiro atoms. The summed E-state index contributed by atoms with van der Waals surface area (Å²) >= 11 is 0. The van der Waals surface area contributed by atoms with Crippen LogP contribution in [-0.4, -0.2) is 12.0 Å². The Labute approximate surface area is 196 Å². The number of para-hydroxylation sites is 2. The highest BCUT2D eigenvalue weighted by Crippen LogP contribution is 2.48. The third kappa shape index (κ3) is 2.31. The van der Waals surface area contributed by atoms with E-state index in [1.807, 2.05) is 24.4 Å². The molecule has 2 aromatic heterocycles. The molecule has 34 heavy (non-hydrogen) atoms. The van der Waals surface area contributed by atoms with Gasteiger partial charge in [-0.25, -0.2) is 0 Å². The lowest BCUT2D eigenvalue weighted by Gasteiger charge is -2.30. The lowest BCUT2D eigenvalue weighted by atomic mass is 9.65. The van der Waals surface area contributed by atoms with Crippen LogP contribution in [0.4, 0.5) is 11.4 Å². The molecule has 0 atom stereocenters. The number of benzene rings is 4. The van der Waals surface area contributed by atoms with Crippen molar-refractivity contribution in [2.24, 2.45) is 0 Å². The second-order valence-corrected chi connectivity index (χ2v) is 8.76. The minimum absolute atomic E-state index is 0.208. The Balaban J connectivity index is 1.34. The number of furan rings is 1. The van der Waals surface area contributed by atoms with E-state index in [1.165, 1.54) is 0 Å². The Morgan fingerprint density at radius 2 is 1.56 bits per heavy atom. The van der Waals surface area contributed by atoms with Gasteiger partial charge in [-0.2, -0.15) is 0 Å². The van der Waals surface area contributed by atoms with E-state index in [-0.39, 0.29) is 7.05 Å². The zero-order chi connectivity index (χ0) is 22.2. The second kappa shape index (κ2) is 6.52. The molecule has 0 N–H and O–H groups in total. The van der Waals surface area contributed by atoms with E-state index >= 15 is 0 Å². The Morgan fingerprint density at radius 1 is 0.706 bits per heavy atom. The highest BCUT2D eigenvalue weighted by atomic mass is 16.5. The van der Waals surface area contributed by atoms with E-state index < -0.39 is 0 Å². The number of fused-ring (bicyclic) bond motifs is 11. The standard InChI is InChI=1S/C29H17BN2O2/c1-3-11-23-22(8-1)28-24(12-6-16-31-28)32-25-17-18(14-15-27(25)34-30(23)32)19-9-5-10-21-20-7-2-4-13-26(20)33-29(19)21/h1-17H. The summed E-state index contributed by atoms with van der Waals surface area (Å²) in [4.78, 5) is 6.99. The van der Waals surface area contributed by atoms with E-state index in [0.717, 1.165) is 66.9 Å². The van der Waals surface area contributed by atoms with Gasteiger partial charge in [-0.1, -0.05) is 66.7 Å². The van der Waals surface area contributed by atoms with Gasteiger partial charge in [0.15, 0.2) is 0 Å². The molecule has 4 nitrogen and oxygen atoms in total. The van der Waals surface area contributed by atoms with Gasteiger partial charge in [0.1, 0.15) is 16.9 Å². The molecule has 0 fully saturated rings. The van der Waals surface area contributed by atoms with Crippen LogP contribution < -0.4 is 14.9 Å². The number of anilines is 2. The predicted octanol–water partition coefficient (Wildman–Crippen LogP) is 6.55. The summed E-state index contributed by atoms with van der Waals surface area (Å²) in [6.07, 6.45) is 1.85. The molecule has 0 bridgehead atoms. The number of pyridine rings is 1. The fraction of sp³-hybridized carbons (Fsp3) is 0. The van der Waals surface area contributed by atoms with E-state index in [4.69, 9.17) is 14.1 Å². The largest absolute Gasteiger partial charge is 0.536 e. The summed E-state index contributed by atoms with van der Waals surface area (Å²) in [6.45, 7) is 0. The molecule has 158 valence electrons. The van der Waals surface area contributed by atoms with Crippen molar-refractivity contribution in [3.8, 4) is 28.1 Å². The number of hydrogen-bond donors (Lipinski definition) is 0. The lowest BCUT2D eigenvalue weighted by molar-refractivity contribution is 0.603. The first kappa shape index (κ1) is 18.0. The minimum atomic E-state index is -0.208. The van der Waals surface area contributed by atoms with E-state index in [9.17, 15) is 0 Å². The lowest BCUT2D eigenvalue weighted by Crippen LogP contribution is -2.50. The van der Waals surface area contributed by atoms with Gasteiger partial charge in [0.2, 0.25) is 0 Å². The highest BCUT2D eigenvalue weighted by molar-refractivity contribution is 6.77. The molecule has 6 aromatic rings. The Hall–Kier alpha value is -4.51. The zero-order valence-electron chi connectivity index (χ0n) is 18.1. The molecule has 0 aliphatic carbocycles. The van der Waals surface area contributed by atoms with Gasteiger partial charge < -0.3 is 13.9 Å². The van der Waals surface area contributed by atoms with Crippen LogP contribution in [0.5, 0.6) is 5.75 Å². The monoisotopic (exact) mass is 436 g/mol. The first-order valence-corrected chi connectivity index (χ1v) is 11.4. The average molecular weight is 436 g/mol. The number of aromatic nitrogens is 1. The van der Waals surface area contributed by atoms with Crippen molar-refractivity contribution in [3.05, 3.63) is 103 Å². The average Bonchev–Trinajstić information content (AvgIpc) is 3.47. The molecule has 2 aliphatic heterocycles.